The van der Waals surface area contributed by atoms with Crippen LogP contribution in [-0.4, -0.2) is 19.0 Å². The first-order valence-corrected chi connectivity index (χ1v) is 11.2. The molecule has 0 atom stereocenters. The van der Waals surface area contributed by atoms with E-state index < -0.39 is 4.92 Å². The first-order chi connectivity index (χ1) is 15.9. The molecule has 7 nitrogen and oxygen atoms in total. The number of fused-ring (bicyclic) bond motifs is 2. The van der Waals surface area contributed by atoms with Gasteiger partial charge < -0.3 is 4.57 Å². The number of aromatic nitrogens is 3. The minimum Gasteiger partial charge on any atom is -0.350 e. The van der Waals surface area contributed by atoms with Crippen molar-refractivity contribution < 1.29 is 4.92 Å². The van der Waals surface area contributed by atoms with E-state index in [1.807, 2.05) is 60.3 Å². The predicted molar refractivity (Wildman–Crippen MR) is 139 cm³/mol. The molecule has 0 fully saturated rings. The SMILES string of the molecule is Cn1cc(C=Cc2nc3ccc(I)cc3c(=O)n2-c2ccc([N+](=O)[O-])cc2)c2ccccc21. The lowest BCUT2D eigenvalue weighted by molar-refractivity contribution is -0.384. The van der Waals surface area contributed by atoms with Crippen molar-refractivity contribution in [2.75, 3.05) is 0 Å². The first kappa shape index (κ1) is 21.1. The number of non-ortho nitro benzene ring substituents is 1. The van der Waals surface area contributed by atoms with Gasteiger partial charge in [-0.15, -0.1) is 0 Å². The topological polar surface area (TPSA) is 83.0 Å². The lowest BCUT2D eigenvalue weighted by atomic mass is 10.1. The van der Waals surface area contributed by atoms with Gasteiger partial charge in [-0.3, -0.25) is 19.5 Å². The molecular formula is C25H17IN4O3. The molecule has 0 aliphatic heterocycles. The summed E-state index contributed by atoms with van der Waals surface area (Å²) in [6, 6.07) is 19.5. The third-order valence-corrected chi connectivity index (χ3v) is 6.19. The van der Waals surface area contributed by atoms with Gasteiger partial charge in [-0.25, -0.2) is 4.98 Å². The lowest BCUT2D eigenvalue weighted by Crippen LogP contribution is -2.22. The number of halogens is 1. The second kappa shape index (κ2) is 8.28. The zero-order valence-corrected chi connectivity index (χ0v) is 19.6. The molecule has 0 amide bonds. The van der Waals surface area contributed by atoms with Crippen LogP contribution in [0.1, 0.15) is 11.4 Å². The molecule has 2 heterocycles. The second-order valence-electron chi connectivity index (χ2n) is 7.59. The van der Waals surface area contributed by atoms with E-state index in [-0.39, 0.29) is 11.2 Å². The second-order valence-corrected chi connectivity index (χ2v) is 8.84. The summed E-state index contributed by atoms with van der Waals surface area (Å²) >= 11 is 2.16. The van der Waals surface area contributed by atoms with Gasteiger partial charge in [0, 0.05) is 45.4 Å². The Morgan fingerprint density at radius 2 is 1.76 bits per heavy atom. The van der Waals surface area contributed by atoms with Gasteiger partial charge in [-0.1, -0.05) is 18.2 Å². The number of nitro groups is 1. The van der Waals surface area contributed by atoms with Crippen molar-refractivity contribution in [2.45, 2.75) is 0 Å². The van der Waals surface area contributed by atoms with Gasteiger partial charge in [0.1, 0.15) is 5.82 Å². The van der Waals surface area contributed by atoms with Crippen LogP contribution in [0.5, 0.6) is 0 Å². The number of para-hydroxylation sites is 1. The summed E-state index contributed by atoms with van der Waals surface area (Å²) < 4.78 is 4.46. The van der Waals surface area contributed by atoms with Crippen molar-refractivity contribution in [3.8, 4) is 5.69 Å². The Bertz CT molecular complexity index is 1630. The van der Waals surface area contributed by atoms with Crippen molar-refractivity contribution in [1.82, 2.24) is 14.1 Å². The van der Waals surface area contributed by atoms with E-state index in [0.717, 1.165) is 20.0 Å². The van der Waals surface area contributed by atoms with Gasteiger partial charge in [-0.2, -0.15) is 0 Å². The van der Waals surface area contributed by atoms with E-state index in [1.54, 1.807) is 18.2 Å². The van der Waals surface area contributed by atoms with E-state index in [2.05, 4.69) is 28.7 Å². The van der Waals surface area contributed by atoms with Crippen LogP contribution in [0, 0.1) is 13.7 Å². The summed E-state index contributed by atoms with van der Waals surface area (Å²) in [4.78, 5) is 28.9. The normalized spacial score (nSPS) is 11.6. The predicted octanol–water partition coefficient (Wildman–Crippen LogP) is 5.56. The molecule has 162 valence electrons. The van der Waals surface area contributed by atoms with E-state index in [1.165, 1.54) is 16.7 Å². The Balaban J connectivity index is 1.72. The third-order valence-electron chi connectivity index (χ3n) is 5.51. The van der Waals surface area contributed by atoms with Crippen molar-refractivity contribution >= 4 is 62.2 Å². The van der Waals surface area contributed by atoms with E-state index >= 15 is 0 Å². The number of nitrogens with zero attached hydrogens (tertiary/aromatic N) is 4. The molecule has 5 rings (SSSR count). The molecule has 3 aromatic carbocycles. The molecule has 5 aromatic rings. The number of aryl methyl sites for hydroxylation is 1. The van der Waals surface area contributed by atoms with Gasteiger partial charge in [-0.05, 0) is 71.1 Å². The van der Waals surface area contributed by atoms with Gasteiger partial charge >= 0.3 is 0 Å². The average molecular weight is 548 g/mol. The van der Waals surface area contributed by atoms with E-state index in [0.29, 0.717) is 22.4 Å². The molecule has 0 spiro atoms. The van der Waals surface area contributed by atoms with Crippen LogP contribution in [0.3, 0.4) is 0 Å². The molecule has 0 unspecified atom stereocenters. The van der Waals surface area contributed by atoms with Crippen molar-refractivity contribution in [1.29, 1.82) is 0 Å². The molecule has 0 saturated carbocycles. The molecule has 2 aromatic heterocycles. The quantitative estimate of drug-likeness (QED) is 0.167. The van der Waals surface area contributed by atoms with Crippen molar-refractivity contribution in [3.05, 3.63) is 108 Å². The summed E-state index contributed by atoms with van der Waals surface area (Å²) in [6.07, 6.45) is 5.77. The highest BCUT2D eigenvalue weighted by molar-refractivity contribution is 14.1. The van der Waals surface area contributed by atoms with Gasteiger partial charge in [0.25, 0.3) is 11.2 Å². The van der Waals surface area contributed by atoms with Crippen LogP contribution in [-0.2, 0) is 7.05 Å². The Morgan fingerprint density at radius 3 is 2.52 bits per heavy atom. The fourth-order valence-electron chi connectivity index (χ4n) is 3.93. The molecular weight excluding hydrogens is 531 g/mol. The van der Waals surface area contributed by atoms with E-state index in [9.17, 15) is 14.9 Å². The standard InChI is InChI=1S/C25H17IN4O3/c1-28-15-16(20-4-2-3-5-23(20)28)6-13-24-27-22-12-7-17(26)14-21(22)25(31)29(24)18-8-10-19(11-9-18)30(32)33/h2-15H,1H3. The number of hydrogen-bond acceptors (Lipinski definition) is 4. The summed E-state index contributed by atoms with van der Waals surface area (Å²) in [5, 5.41) is 12.7. The fraction of sp³-hybridized carbons (Fsp3) is 0.0400. The molecule has 8 heteroatoms. The highest BCUT2D eigenvalue weighted by Gasteiger charge is 2.14. The zero-order chi connectivity index (χ0) is 23.1. The Kier molecular flexibility index (Phi) is 5.29. The smallest absolute Gasteiger partial charge is 0.269 e. The summed E-state index contributed by atoms with van der Waals surface area (Å²) in [5.41, 5.74) is 2.94. The number of benzene rings is 3. The minimum absolute atomic E-state index is 0.0389. The maximum atomic E-state index is 13.5. The van der Waals surface area contributed by atoms with Crippen LogP contribution in [0.15, 0.2) is 77.7 Å². The Labute approximate surface area is 201 Å². The fourth-order valence-corrected chi connectivity index (χ4v) is 4.42. The third kappa shape index (κ3) is 3.82. The highest BCUT2D eigenvalue weighted by Crippen LogP contribution is 2.23. The molecule has 0 N–H and O–H groups in total. The van der Waals surface area contributed by atoms with Crippen LogP contribution in [0.25, 0.3) is 39.6 Å². The Morgan fingerprint density at radius 1 is 1.00 bits per heavy atom. The summed E-state index contributed by atoms with van der Waals surface area (Å²) in [5.74, 6) is 0.440. The molecule has 0 bridgehead atoms. The largest absolute Gasteiger partial charge is 0.350 e. The van der Waals surface area contributed by atoms with Crippen LogP contribution in [0.4, 0.5) is 5.69 Å². The first-order valence-electron chi connectivity index (χ1n) is 10.1. The van der Waals surface area contributed by atoms with Crippen LogP contribution in [0.2, 0.25) is 0 Å². The lowest BCUT2D eigenvalue weighted by Gasteiger charge is -2.11. The molecule has 0 aliphatic rings. The zero-order valence-electron chi connectivity index (χ0n) is 17.5. The van der Waals surface area contributed by atoms with Crippen molar-refractivity contribution in [3.63, 3.8) is 0 Å². The molecule has 0 saturated heterocycles. The van der Waals surface area contributed by atoms with Crippen LogP contribution < -0.4 is 5.56 Å². The maximum absolute atomic E-state index is 13.5. The van der Waals surface area contributed by atoms with E-state index in [4.69, 9.17) is 4.98 Å². The minimum atomic E-state index is -0.463. The average Bonchev–Trinajstić information content (AvgIpc) is 3.14. The van der Waals surface area contributed by atoms with Gasteiger partial charge in [0.2, 0.25) is 0 Å². The monoisotopic (exact) mass is 548 g/mol. The van der Waals surface area contributed by atoms with Crippen molar-refractivity contribution in [2.24, 2.45) is 7.05 Å². The molecule has 33 heavy (non-hydrogen) atoms. The Hall–Kier alpha value is -3.79. The number of nitro benzene ring substituents is 1. The van der Waals surface area contributed by atoms with Gasteiger partial charge in [0.05, 0.1) is 21.5 Å². The summed E-state index contributed by atoms with van der Waals surface area (Å²) in [7, 11) is 1.99. The number of rotatable bonds is 4. The van der Waals surface area contributed by atoms with Gasteiger partial charge in [0.15, 0.2) is 0 Å². The summed E-state index contributed by atoms with van der Waals surface area (Å²) in [6.45, 7) is 0. The molecule has 0 aliphatic carbocycles. The molecule has 0 radical (unpaired) electrons. The maximum Gasteiger partial charge on any atom is 0.269 e. The van der Waals surface area contributed by atoms with Crippen LogP contribution >= 0.6 is 22.6 Å². The number of hydrogen-bond donors (Lipinski definition) is 0. The highest BCUT2D eigenvalue weighted by atomic mass is 127.